The molecule has 144 valence electrons. The van der Waals surface area contributed by atoms with Crippen LogP contribution in [0.4, 0.5) is 0 Å². The molecule has 0 unspecified atom stereocenters. The third-order valence-corrected chi connectivity index (χ3v) is 8.40. The molecule has 1 amide bonds. The molecule has 0 atom stereocenters. The molecule has 5 nitrogen and oxygen atoms in total. The monoisotopic (exact) mass is 398 g/mol. The van der Waals surface area contributed by atoms with Crippen molar-refractivity contribution >= 4 is 27.3 Å². The molecule has 7 heteroatoms. The van der Waals surface area contributed by atoms with Crippen molar-refractivity contribution in [1.29, 1.82) is 0 Å². The fourth-order valence-corrected chi connectivity index (χ4v) is 5.91. The second-order valence-corrected chi connectivity index (χ2v) is 10.5. The van der Waals surface area contributed by atoms with Gasteiger partial charge in [-0.1, -0.05) is 36.6 Å². The van der Waals surface area contributed by atoms with Crippen LogP contribution < -0.4 is 10.6 Å². The van der Waals surface area contributed by atoms with Crippen LogP contribution in [0, 0.1) is 0 Å². The lowest BCUT2D eigenvalue weighted by Gasteiger charge is -2.36. The highest BCUT2D eigenvalue weighted by atomic mass is 35.5. The van der Waals surface area contributed by atoms with Gasteiger partial charge in [-0.3, -0.25) is 4.79 Å². The predicted molar refractivity (Wildman–Crippen MR) is 104 cm³/mol. The van der Waals surface area contributed by atoms with Crippen LogP contribution in [0.3, 0.4) is 0 Å². The number of carbonyl (C=O) groups excluding carboxylic acids is 1. The fraction of sp³-hybridized carbons (Fsp3) is 0.632. The summed E-state index contributed by atoms with van der Waals surface area (Å²) in [6.45, 7) is 1.56. The van der Waals surface area contributed by atoms with Gasteiger partial charge in [-0.25, -0.2) is 8.42 Å². The summed E-state index contributed by atoms with van der Waals surface area (Å²) >= 11 is 6.02. The second kappa shape index (κ2) is 7.49. The summed E-state index contributed by atoms with van der Waals surface area (Å²) in [6, 6.07) is 7.81. The zero-order valence-electron chi connectivity index (χ0n) is 15.2. The summed E-state index contributed by atoms with van der Waals surface area (Å²) in [4.78, 5) is 13.0. The highest BCUT2D eigenvalue weighted by Gasteiger charge is 2.49. The Morgan fingerprint density at radius 2 is 1.69 bits per heavy atom. The Hall–Kier alpha value is -1.11. The Morgan fingerprint density at radius 3 is 2.23 bits per heavy atom. The van der Waals surface area contributed by atoms with Crippen molar-refractivity contribution in [2.45, 2.75) is 48.7 Å². The van der Waals surface area contributed by atoms with Gasteiger partial charge in [-0.2, -0.15) is 0 Å². The van der Waals surface area contributed by atoms with E-state index in [2.05, 4.69) is 10.6 Å². The molecule has 1 saturated carbocycles. The standard InChI is InChI=1S/C19H27ClN2O3S/c1-26(24,25)19(10-12-21-13-11-19)17(23)22-14-18(8-2-3-9-18)15-4-6-16(20)7-5-15/h4-7,21H,2-3,8-14H2,1H3,(H,22,23). The molecule has 1 aromatic rings. The number of benzene rings is 1. The van der Waals surface area contributed by atoms with E-state index in [0.29, 0.717) is 37.5 Å². The van der Waals surface area contributed by atoms with Crippen LogP contribution in [-0.2, 0) is 20.0 Å². The Balaban J connectivity index is 1.80. The minimum Gasteiger partial charge on any atom is -0.354 e. The molecule has 26 heavy (non-hydrogen) atoms. The molecular weight excluding hydrogens is 372 g/mol. The first-order valence-electron chi connectivity index (χ1n) is 9.24. The summed E-state index contributed by atoms with van der Waals surface area (Å²) in [6.07, 6.45) is 6.03. The summed E-state index contributed by atoms with van der Waals surface area (Å²) in [5.74, 6) is -0.346. The minimum atomic E-state index is -3.49. The molecule has 2 fully saturated rings. The Kier molecular flexibility index (Phi) is 5.66. The molecular formula is C19H27ClN2O3S. The normalized spacial score (nSPS) is 22.1. The first-order chi connectivity index (χ1) is 12.3. The molecule has 0 radical (unpaired) electrons. The van der Waals surface area contributed by atoms with Crippen LogP contribution in [0.5, 0.6) is 0 Å². The van der Waals surface area contributed by atoms with Gasteiger partial charge in [0, 0.05) is 23.2 Å². The van der Waals surface area contributed by atoms with Gasteiger partial charge in [0.15, 0.2) is 14.6 Å². The van der Waals surface area contributed by atoms with Crippen LogP contribution in [0.15, 0.2) is 24.3 Å². The largest absolute Gasteiger partial charge is 0.354 e. The number of piperidine rings is 1. The first kappa shape index (κ1) is 19.6. The number of nitrogens with one attached hydrogen (secondary N) is 2. The zero-order chi connectivity index (χ0) is 18.8. The lowest BCUT2D eigenvalue weighted by Crippen LogP contribution is -2.58. The summed E-state index contributed by atoms with van der Waals surface area (Å²) < 4.78 is 23.6. The van der Waals surface area contributed by atoms with Crippen molar-refractivity contribution in [1.82, 2.24) is 10.6 Å². The Bertz CT molecular complexity index is 749. The molecule has 1 heterocycles. The third-order valence-electron chi connectivity index (χ3n) is 6.14. The average Bonchev–Trinajstić information content (AvgIpc) is 3.10. The first-order valence-corrected chi connectivity index (χ1v) is 11.5. The van der Waals surface area contributed by atoms with E-state index in [4.69, 9.17) is 11.6 Å². The van der Waals surface area contributed by atoms with Crippen LogP contribution in [0.25, 0.3) is 0 Å². The van der Waals surface area contributed by atoms with Crippen LogP contribution >= 0.6 is 11.6 Å². The van der Waals surface area contributed by atoms with Crippen LogP contribution in [0.1, 0.15) is 44.1 Å². The maximum atomic E-state index is 13.0. The third kappa shape index (κ3) is 3.64. The van der Waals surface area contributed by atoms with Gasteiger partial charge in [-0.15, -0.1) is 0 Å². The van der Waals surface area contributed by atoms with Gasteiger partial charge < -0.3 is 10.6 Å². The van der Waals surface area contributed by atoms with Gasteiger partial charge in [0.25, 0.3) is 0 Å². The van der Waals surface area contributed by atoms with Gasteiger partial charge >= 0.3 is 0 Å². The average molecular weight is 399 g/mol. The molecule has 0 bridgehead atoms. The zero-order valence-corrected chi connectivity index (χ0v) is 16.8. The molecule has 1 aliphatic heterocycles. The Labute approximate surface area is 160 Å². The van der Waals surface area contributed by atoms with Gasteiger partial charge in [0.2, 0.25) is 5.91 Å². The van der Waals surface area contributed by atoms with E-state index in [1.807, 2.05) is 24.3 Å². The number of carbonyl (C=O) groups is 1. The summed E-state index contributed by atoms with van der Waals surface area (Å²) in [5, 5.41) is 6.85. The van der Waals surface area contributed by atoms with Crippen molar-refractivity contribution in [2.24, 2.45) is 0 Å². The second-order valence-electron chi connectivity index (χ2n) is 7.69. The van der Waals surface area contributed by atoms with E-state index >= 15 is 0 Å². The van der Waals surface area contributed by atoms with Gasteiger partial charge in [0.1, 0.15) is 0 Å². The molecule has 0 spiro atoms. The number of halogens is 1. The quantitative estimate of drug-likeness (QED) is 0.798. The maximum Gasteiger partial charge on any atom is 0.241 e. The number of amides is 1. The predicted octanol–water partition coefficient (Wildman–Crippen LogP) is 2.43. The van der Waals surface area contributed by atoms with Crippen molar-refractivity contribution < 1.29 is 13.2 Å². The van der Waals surface area contributed by atoms with E-state index in [1.165, 1.54) is 11.8 Å². The van der Waals surface area contributed by atoms with E-state index in [9.17, 15) is 13.2 Å². The van der Waals surface area contributed by atoms with Gasteiger partial charge in [0.05, 0.1) is 0 Å². The molecule has 1 saturated heterocycles. The number of rotatable bonds is 5. The van der Waals surface area contributed by atoms with Crippen molar-refractivity contribution in [3.63, 3.8) is 0 Å². The minimum absolute atomic E-state index is 0.133. The molecule has 3 rings (SSSR count). The number of sulfone groups is 1. The lowest BCUT2D eigenvalue weighted by atomic mass is 9.78. The maximum absolute atomic E-state index is 13.0. The topological polar surface area (TPSA) is 75.3 Å². The van der Waals surface area contributed by atoms with Gasteiger partial charge in [-0.05, 0) is 56.5 Å². The fourth-order valence-electron chi connectivity index (χ4n) is 4.43. The molecule has 0 aromatic heterocycles. The van der Waals surface area contributed by atoms with E-state index in [-0.39, 0.29) is 11.3 Å². The van der Waals surface area contributed by atoms with E-state index in [0.717, 1.165) is 25.7 Å². The SMILES string of the molecule is CS(=O)(=O)C1(C(=O)NCC2(c3ccc(Cl)cc3)CCCC2)CCNCC1. The molecule has 2 aliphatic rings. The van der Waals surface area contributed by atoms with E-state index in [1.54, 1.807) is 0 Å². The summed E-state index contributed by atoms with van der Waals surface area (Å²) in [5.41, 5.74) is 1.03. The van der Waals surface area contributed by atoms with Crippen molar-refractivity contribution in [3.8, 4) is 0 Å². The summed E-state index contributed by atoms with van der Waals surface area (Å²) in [7, 11) is -3.49. The van der Waals surface area contributed by atoms with Crippen molar-refractivity contribution in [3.05, 3.63) is 34.9 Å². The number of hydrogen-bond donors (Lipinski definition) is 2. The molecule has 1 aromatic carbocycles. The molecule has 1 aliphatic carbocycles. The van der Waals surface area contributed by atoms with E-state index < -0.39 is 14.6 Å². The molecule has 2 N–H and O–H groups in total. The Morgan fingerprint density at radius 1 is 1.12 bits per heavy atom. The smallest absolute Gasteiger partial charge is 0.241 e. The highest BCUT2D eigenvalue weighted by Crippen LogP contribution is 2.41. The highest BCUT2D eigenvalue weighted by molar-refractivity contribution is 7.92. The van der Waals surface area contributed by atoms with Crippen LogP contribution in [-0.4, -0.2) is 45.0 Å². The van der Waals surface area contributed by atoms with Crippen LogP contribution in [0.2, 0.25) is 5.02 Å². The van der Waals surface area contributed by atoms with Crippen molar-refractivity contribution in [2.75, 3.05) is 25.9 Å². The lowest BCUT2D eigenvalue weighted by molar-refractivity contribution is -0.124. The number of hydrogen-bond acceptors (Lipinski definition) is 4.